The summed E-state index contributed by atoms with van der Waals surface area (Å²) in [7, 11) is 0. The van der Waals surface area contributed by atoms with Crippen molar-refractivity contribution in [3.8, 4) is 5.75 Å². The van der Waals surface area contributed by atoms with Crippen LogP contribution in [0.15, 0.2) is 71.2 Å². The van der Waals surface area contributed by atoms with E-state index in [1.54, 1.807) is 36.4 Å². The summed E-state index contributed by atoms with van der Waals surface area (Å²) in [5.41, 5.74) is 1.65. The molecule has 190 valence electrons. The lowest BCUT2D eigenvalue weighted by atomic mass is 10.0. The van der Waals surface area contributed by atoms with Crippen LogP contribution in [0, 0.1) is 0 Å². The zero-order valence-corrected chi connectivity index (χ0v) is 23.7. The van der Waals surface area contributed by atoms with Crippen molar-refractivity contribution in [1.82, 2.24) is 10.2 Å². The quantitative estimate of drug-likeness (QED) is 0.270. The topological polar surface area (TPSA) is 58.6 Å². The van der Waals surface area contributed by atoms with Gasteiger partial charge in [0.15, 0.2) is 6.61 Å². The summed E-state index contributed by atoms with van der Waals surface area (Å²) in [6.45, 7) is 3.58. The van der Waals surface area contributed by atoms with E-state index in [1.165, 1.54) is 4.90 Å². The number of ether oxygens (including phenoxy) is 1. The van der Waals surface area contributed by atoms with Crippen molar-refractivity contribution in [2.75, 3.05) is 6.61 Å². The van der Waals surface area contributed by atoms with Crippen LogP contribution in [0.2, 0.25) is 15.1 Å². The van der Waals surface area contributed by atoms with E-state index in [-0.39, 0.29) is 31.0 Å². The Balaban J connectivity index is 1.94. The SMILES string of the molecule is CC(C)NC(=O)[C@@H](Cc1ccccc1)N(Cc1ccc(Cl)c(Cl)c1)C(=O)COc1ccc(Br)cc1Cl. The van der Waals surface area contributed by atoms with Gasteiger partial charge in [0.2, 0.25) is 5.91 Å². The number of hydrogen-bond donors (Lipinski definition) is 1. The van der Waals surface area contributed by atoms with Crippen molar-refractivity contribution in [3.63, 3.8) is 0 Å². The Morgan fingerprint density at radius 3 is 2.28 bits per heavy atom. The Morgan fingerprint density at radius 2 is 1.64 bits per heavy atom. The molecule has 0 saturated heterocycles. The van der Waals surface area contributed by atoms with Gasteiger partial charge in [-0.15, -0.1) is 0 Å². The lowest BCUT2D eigenvalue weighted by Gasteiger charge is -2.32. The van der Waals surface area contributed by atoms with Crippen LogP contribution in [0.5, 0.6) is 5.75 Å². The molecule has 0 aliphatic heterocycles. The summed E-state index contributed by atoms with van der Waals surface area (Å²) in [4.78, 5) is 28.5. The number of nitrogens with zero attached hydrogens (tertiary/aromatic N) is 1. The minimum Gasteiger partial charge on any atom is -0.482 e. The standard InChI is InChI=1S/C27H26BrCl3N2O3/c1-17(2)32-27(35)24(13-18-6-4-3-5-7-18)33(15-19-8-10-21(29)22(30)12-19)26(34)16-36-25-11-9-20(28)14-23(25)31/h3-12,14,17,24H,13,15-16H2,1-2H3,(H,32,35)/t24-/m1/s1. The molecule has 3 aromatic rings. The van der Waals surface area contributed by atoms with Crippen LogP contribution >= 0.6 is 50.7 Å². The molecule has 36 heavy (non-hydrogen) atoms. The summed E-state index contributed by atoms with van der Waals surface area (Å²) >= 11 is 21.9. The number of carbonyl (C=O) groups is 2. The van der Waals surface area contributed by atoms with Gasteiger partial charge in [-0.1, -0.05) is 87.1 Å². The van der Waals surface area contributed by atoms with Gasteiger partial charge in [0.05, 0.1) is 15.1 Å². The normalized spacial score (nSPS) is 11.8. The van der Waals surface area contributed by atoms with E-state index in [1.807, 2.05) is 44.2 Å². The Labute approximate surface area is 234 Å². The molecule has 0 spiro atoms. The summed E-state index contributed by atoms with van der Waals surface area (Å²) in [6.07, 6.45) is 0.325. The van der Waals surface area contributed by atoms with Crippen molar-refractivity contribution in [2.24, 2.45) is 0 Å². The molecule has 0 radical (unpaired) electrons. The zero-order valence-electron chi connectivity index (χ0n) is 19.8. The summed E-state index contributed by atoms with van der Waals surface area (Å²) in [5, 5.41) is 4.09. The third-order valence-corrected chi connectivity index (χ3v) is 6.81. The van der Waals surface area contributed by atoms with Gasteiger partial charge in [-0.2, -0.15) is 0 Å². The lowest BCUT2D eigenvalue weighted by Crippen LogP contribution is -2.52. The average Bonchev–Trinajstić information content (AvgIpc) is 2.83. The van der Waals surface area contributed by atoms with E-state index >= 15 is 0 Å². The van der Waals surface area contributed by atoms with E-state index in [4.69, 9.17) is 39.5 Å². The molecule has 9 heteroatoms. The summed E-state index contributed by atoms with van der Waals surface area (Å²) in [5.74, 6) is -0.266. The first kappa shape index (κ1) is 28.3. The molecule has 3 rings (SSSR count). The van der Waals surface area contributed by atoms with Gasteiger partial charge < -0.3 is 15.0 Å². The van der Waals surface area contributed by atoms with Crippen LogP contribution < -0.4 is 10.1 Å². The maximum absolute atomic E-state index is 13.6. The van der Waals surface area contributed by atoms with Crippen LogP contribution in [0.1, 0.15) is 25.0 Å². The van der Waals surface area contributed by atoms with Gasteiger partial charge in [-0.05, 0) is 55.3 Å². The fourth-order valence-corrected chi connectivity index (χ4v) is 4.63. The van der Waals surface area contributed by atoms with Gasteiger partial charge in [0, 0.05) is 23.5 Å². The van der Waals surface area contributed by atoms with Crippen molar-refractivity contribution in [3.05, 3.63) is 97.4 Å². The van der Waals surface area contributed by atoms with Crippen LogP contribution in [0.25, 0.3) is 0 Å². The monoisotopic (exact) mass is 610 g/mol. The molecular weight excluding hydrogens is 587 g/mol. The number of rotatable bonds is 10. The smallest absolute Gasteiger partial charge is 0.261 e. The second-order valence-corrected chi connectivity index (χ2v) is 10.6. The number of amides is 2. The number of hydrogen-bond acceptors (Lipinski definition) is 3. The molecule has 0 unspecified atom stereocenters. The highest BCUT2D eigenvalue weighted by molar-refractivity contribution is 9.10. The molecule has 0 heterocycles. The molecule has 5 nitrogen and oxygen atoms in total. The van der Waals surface area contributed by atoms with Gasteiger partial charge in [0.25, 0.3) is 5.91 Å². The summed E-state index contributed by atoms with van der Waals surface area (Å²) in [6, 6.07) is 18.9. The predicted molar refractivity (Wildman–Crippen MR) is 149 cm³/mol. The van der Waals surface area contributed by atoms with Crippen LogP contribution in [-0.2, 0) is 22.6 Å². The highest BCUT2D eigenvalue weighted by Crippen LogP contribution is 2.28. The van der Waals surface area contributed by atoms with E-state index in [2.05, 4.69) is 21.2 Å². The van der Waals surface area contributed by atoms with Crippen LogP contribution in [0.3, 0.4) is 0 Å². The summed E-state index contributed by atoms with van der Waals surface area (Å²) < 4.78 is 6.55. The average molecular weight is 613 g/mol. The van der Waals surface area contributed by atoms with Gasteiger partial charge >= 0.3 is 0 Å². The third-order valence-electron chi connectivity index (χ3n) is 5.28. The Bertz CT molecular complexity index is 1210. The molecule has 1 atom stereocenters. The second-order valence-electron chi connectivity index (χ2n) is 8.50. The highest BCUT2D eigenvalue weighted by atomic mass is 79.9. The number of carbonyl (C=O) groups excluding carboxylic acids is 2. The van der Waals surface area contributed by atoms with Crippen LogP contribution in [-0.4, -0.2) is 35.4 Å². The maximum atomic E-state index is 13.6. The first-order valence-corrected chi connectivity index (χ1v) is 13.2. The van der Waals surface area contributed by atoms with E-state index < -0.39 is 6.04 Å². The molecule has 1 N–H and O–H groups in total. The van der Waals surface area contributed by atoms with Crippen molar-refractivity contribution >= 4 is 62.5 Å². The predicted octanol–water partition coefficient (Wildman–Crippen LogP) is 6.95. The first-order chi connectivity index (χ1) is 17.1. The van der Waals surface area contributed by atoms with E-state index in [0.29, 0.717) is 27.2 Å². The Hall–Kier alpha value is -2.25. The first-order valence-electron chi connectivity index (χ1n) is 11.3. The maximum Gasteiger partial charge on any atom is 0.261 e. The second kappa shape index (κ2) is 13.3. The minimum atomic E-state index is -0.791. The highest BCUT2D eigenvalue weighted by Gasteiger charge is 2.31. The zero-order chi connectivity index (χ0) is 26.2. The molecule has 2 amide bonds. The number of halogens is 4. The van der Waals surface area contributed by atoms with Crippen molar-refractivity contribution < 1.29 is 14.3 Å². The van der Waals surface area contributed by atoms with Gasteiger partial charge in [0.1, 0.15) is 11.8 Å². The molecule has 0 fully saturated rings. The Kier molecular flexibility index (Phi) is 10.5. The molecule has 0 aliphatic rings. The third kappa shape index (κ3) is 8.13. The molecule has 3 aromatic carbocycles. The minimum absolute atomic E-state index is 0.101. The number of nitrogens with one attached hydrogen (secondary N) is 1. The molecular formula is C27H26BrCl3N2O3. The lowest BCUT2D eigenvalue weighted by molar-refractivity contribution is -0.143. The largest absolute Gasteiger partial charge is 0.482 e. The van der Waals surface area contributed by atoms with E-state index in [0.717, 1.165) is 15.6 Å². The molecule has 0 aromatic heterocycles. The fourth-order valence-electron chi connectivity index (χ4n) is 3.58. The van der Waals surface area contributed by atoms with Crippen LogP contribution in [0.4, 0.5) is 0 Å². The number of benzene rings is 3. The van der Waals surface area contributed by atoms with E-state index in [9.17, 15) is 9.59 Å². The molecule has 0 saturated carbocycles. The molecule has 0 aliphatic carbocycles. The Morgan fingerprint density at radius 1 is 0.917 bits per heavy atom. The van der Waals surface area contributed by atoms with Gasteiger partial charge in [-0.3, -0.25) is 9.59 Å². The van der Waals surface area contributed by atoms with Gasteiger partial charge in [-0.25, -0.2) is 0 Å². The fraction of sp³-hybridized carbons (Fsp3) is 0.259. The molecule has 0 bridgehead atoms. The van der Waals surface area contributed by atoms with Crippen molar-refractivity contribution in [2.45, 2.75) is 38.9 Å². The van der Waals surface area contributed by atoms with Crippen molar-refractivity contribution in [1.29, 1.82) is 0 Å².